The summed E-state index contributed by atoms with van der Waals surface area (Å²) in [6, 6.07) is 16.2. The van der Waals surface area contributed by atoms with Gasteiger partial charge in [-0.05, 0) is 54.3 Å². The number of thiazole rings is 1. The van der Waals surface area contributed by atoms with Crippen LogP contribution < -0.4 is 14.8 Å². The molecule has 0 atom stereocenters. The van der Waals surface area contributed by atoms with Crippen molar-refractivity contribution in [3.8, 4) is 22.6 Å². The van der Waals surface area contributed by atoms with Crippen molar-refractivity contribution in [2.75, 3.05) is 19.5 Å². The number of aryl methyl sites for hydroxylation is 1. The van der Waals surface area contributed by atoms with E-state index in [9.17, 15) is 0 Å². The lowest BCUT2D eigenvalue weighted by atomic mass is 9.99. The second-order valence-electron chi connectivity index (χ2n) is 7.01. The summed E-state index contributed by atoms with van der Waals surface area (Å²) in [4.78, 5) is 9.61. The number of hydrogen-bond acceptors (Lipinski definition) is 6. The van der Waals surface area contributed by atoms with Crippen LogP contribution in [0.25, 0.3) is 21.5 Å². The van der Waals surface area contributed by atoms with Crippen molar-refractivity contribution >= 4 is 26.8 Å². The number of fused-ring (bicyclic) bond motifs is 1. The van der Waals surface area contributed by atoms with Crippen molar-refractivity contribution in [2.24, 2.45) is 0 Å². The lowest BCUT2D eigenvalue weighted by molar-refractivity contribution is 0.414. The fraction of sp³-hybridized carbons (Fsp3) is 0.250. The molecule has 30 heavy (non-hydrogen) atoms. The van der Waals surface area contributed by atoms with Crippen LogP contribution in [0.3, 0.4) is 0 Å². The normalized spacial score (nSPS) is 10.9. The third-order valence-corrected chi connectivity index (χ3v) is 6.22. The Morgan fingerprint density at radius 2 is 1.53 bits per heavy atom. The molecule has 6 heteroatoms. The Balaban J connectivity index is 1.69. The Morgan fingerprint density at radius 3 is 2.13 bits per heavy atom. The van der Waals surface area contributed by atoms with Crippen LogP contribution in [0.1, 0.15) is 23.7 Å². The van der Waals surface area contributed by atoms with Gasteiger partial charge in [0.2, 0.25) is 0 Å². The molecule has 0 unspecified atom stereocenters. The van der Waals surface area contributed by atoms with Crippen molar-refractivity contribution < 1.29 is 9.47 Å². The van der Waals surface area contributed by atoms with E-state index in [1.807, 2.05) is 24.3 Å². The summed E-state index contributed by atoms with van der Waals surface area (Å²) in [6.45, 7) is 4.98. The SMILES string of the molecule is CCc1nc2nc(NCc3ccc(OC)cc3)sc2c(-c2ccc(OC)cc2)c1C. The molecule has 0 aliphatic rings. The molecule has 0 spiro atoms. The Bertz CT molecular complexity index is 1150. The van der Waals surface area contributed by atoms with Crippen molar-refractivity contribution in [3.63, 3.8) is 0 Å². The van der Waals surface area contributed by atoms with Gasteiger partial charge in [-0.1, -0.05) is 42.5 Å². The molecule has 2 aromatic carbocycles. The molecule has 0 radical (unpaired) electrons. The summed E-state index contributed by atoms with van der Waals surface area (Å²) in [5, 5.41) is 4.32. The van der Waals surface area contributed by atoms with Gasteiger partial charge in [0.15, 0.2) is 10.8 Å². The summed E-state index contributed by atoms with van der Waals surface area (Å²) >= 11 is 1.65. The van der Waals surface area contributed by atoms with Crippen molar-refractivity contribution in [1.29, 1.82) is 0 Å². The van der Waals surface area contributed by atoms with E-state index in [4.69, 9.17) is 19.4 Å². The maximum absolute atomic E-state index is 5.32. The number of anilines is 1. The highest BCUT2D eigenvalue weighted by atomic mass is 32.1. The Morgan fingerprint density at radius 1 is 0.900 bits per heavy atom. The average Bonchev–Trinajstić information content (AvgIpc) is 3.20. The summed E-state index contributed by atoms with van der Waals surface area (Å²) in [6.07, 6.45) is 0.872. The topological polar surface area (TPSA) is 56.3 Å². The van der Waals surface area contributed by atoms with E-state index in [0.29, 0.717) is 6.54 Å². The van der Waals surface area contributed by atoms with E-state index in [1.165, 1.54) is 16.7 Å². The first kappa shape index (κ1) is 20.2. The largest absolute Gasteiger partial charge is 0.497 e. The molecule has 2 aromatic heterocycles. The highest BCUT2D eigenvalue weighted by Crippen LogP contribution is 2.38. The van der Waals surface area contributed by atoms with Crippen LogP contribution in [-0.4, -0.2) is 24.2 Å². The zero-order valence-electron chi connectivity index (χ0n) is 17.7. The Hall–Kier alpha value is -3.12. The number of nitrogens with one attached hydrogen (secondary N) is 1. The first-order valence-electron chi connectivity index (χ1n) is 9.94. The van der Waals surface area contributed by atoms with Crippen LogP contribution in [-0.2, 0) is 13.0 Å². The van der Waals surface area contributed by atoms with E-state index in [1.54, 1.807) is 25.6 Å². The van der Waals surface area contributed by atoms with E-state index in [0.717, 1.165) is 44.7 Å². The molecule has 5 nitrogen and oxygen atoms in total. The number of pyridine rings is 1. The number of nitrogens with zero attached hydrogens (tertiary/aromatic N) is 2. The molecule has 1 N–H and O–H groups in total. The van der Waals surface area contributed by atoms with Crippen LogP contribution >= 0.6 is 11.3 Å². The maximum atomic E-state index is 5.32. The molecule has 0 saturated heterocycles. The molecular formula is C24H25N3O2S. The van der Waals surface area contributed by atoms with Gasteiger partial charge in [0.25, 0.3) is 0 Å². The predicted molar refractivity (Wildman–Crippen MR) is 124 cm³/mol. The van der Waals surface area contributed by atoms with Gasteiger partial charge >= 0.3 is 0 Å². The monoisotopic (exact) mass is 419 g/mol. The van der Waals surface area contributed by atoms with Crippen LogP contribution in [0.15, 0.2) is 48.5 Å². The van der Waals surface area contributed by atoms with Crippen molar-refractivity contribution in [1.82, 2.24) is 9.97 Å². The number of benzene rings is 2. The second-order valence-corrected chi connectivity index (χ2v) is 8.01. The van der Waals surface area contributed by atoms with E-state index >= 15 is 0 Å². The summed E-state index contributed by atoms with van der Waals surface area (Å²) in [5.74, 6) is 1.71. The van der Waals surface area contributed by atoms with Crippen LogP contribution in [0.5, 0.6) is 11.5 Å². The number of ether oxygens (including phenoxy) is 2. The number of methoxy groups -OCH3 is 2. The third kappa shape index (κ3) is 3.96. The summed E-state index contributed by atoms with van der Waals surface area (Å²) in [7, 11) is 3.36. The van der Waals surface area contributed by atoms with E-state index < -0.39 is 0 Å². The molecule has 0 bridgehead atoms. The Kier molecular flexibility index (Phi) is 5.86. The average molecular weight is 420 g/mol. The number of hydrogen-bond donors (Lipinski definition) is 1. The zero-order valence-corrected chi connectivity index (χ0v) is 18.5. The molecule has 0 saturated carbocycles. The zero-order chi connectivity index (χ0) is 21.1. The fourth-order valence-electron chi connectivity index (χ4n) is 3.52. The van der Waals surface area contributed by atoms with Gasteiger partial charge in [-0.15, -0.1) is 0 Å². The highest BCUT2D eigenvalue weighted by Gasteiger charge is 2.17. The second kappa shape index (κ2) is 8.71. The van der Waals surface area contributed by atoms with Gasteiger partial charge in [0.05, 0.1) is 18.9 Å². The number of rotatable bonds is 7. The van der Waals surface area contributed by atoms with Crippen molar-refractivity contribution in [3.05, 3.63) is 65.4 Å². The molecule has 0 aliphatic carbocycles. The minimum Gasteiger partial charge on any atom is -0.497 e. The summed E-state index contributed by atoms with van der Waals surface area (Å²) in [5.41, 5.74) is 6.62. The molecule has 0 amide bonds. The van der Waals surface area contributed by atoms with Crippen LogP contribution in [0.4, 0.5) is 5.13 Å². The highest BCUT2D eigenvalue weighted by molar-refractivity contribution is 7.22. The van der Waals surface area contributed by atoms with Crippen LogP contribution in [0.2, 0.25) is 0 Å². The van der Waals surface area contributed by atoms with Gasteiger partial charge in [-0.25, -0.2) is 9.97 Å². The molecule has 4 aromatic rings. The maximum Gasteiger partial charge on any atom is 0.185 e. The van der Waals surface area contributed by atoms with Crippen molar-refractivity contribution in [2.45, 2.75) is 26.8 Å². The standard InChI is InChI=1S/C24H25N3O2S/c1-5-20-15(2)21(17-8-12-19(29-4)13-9-17)22-23(26-20)27-24(30-22)25-14-16-6-10-18(28-3)11-7-16/h6-13H,5,14H2,1-4H3,(H,25,26,27). The van der Waals surface area contributed by atoms with Gasteiger partial charge in [-0.2, -0.15) is 0 Å². The van der Waals surface area contributed by atoms with Gasteiger partial charge in [-0.3, -0.25) is 0 Å². The molecule has 2 heterocycles. The summed E-state index contributed by atoms with van der Waals surface area (Å²) < 4.78 is 11.7. The minimum absolute atomic E-state index is 0.696. The van der Waals surface area contributed by atoms with Gasteiger partial charge in [0.1, 0.15) is 11.5 Å². The molecule has 0 fully saturated rings. The van der Waals surface area contributed by atoms with E-state index in [2.05, 4.69) is 43.4 Å². The predicted octanol–water partition coefficient (Wildman–Crippen LogP) is 5.86. The Labute approximate surface area is 180 Å². The lowest BCUT2D eigenvalue weighted by Gasteiger charge is -2.11. The fourth-order valence-corrected chi connectivity index (χ4v) is 4.55. The smallest absolute Gasteiger partial charge is 0.185 e. The third-order valence-electron chi connectivity index (χ3n) is 5.20. The molecule has 154 valence electrons. The number of aromatic nitrogens is 2. The molecule has 4 rings (SSSR count). The van der Waals surface area contributed by atoms with E-state index in [-0.39, 0.29) is 0 Å². The molecule has 0 aliphatic heterocycles. The minimum atomic E-state index is 0.696. The first-order chi connectivity index (χ1) is 14.6. The van der Waals surface area contributed by atoms with Gasteiger partial charge < -0.3 is 14.8 Å². The quantitative estimate of drug-likeness (QED) is 0.407. The first-order valence-corrected chi connectivity index (χ1v) is 10.8. The lowest BCUT2D eigenvalue weighted by Crippen LogP contribution is -1.99. The van der Waals surface area contributed by atoms with Gasteiger partial charge in [0, 0.05) is 17.8 Å². The van der Waals surface area contributed by atoms with Crippen LogP contribution in [0, 0.1) is 6.92 Å². The molecular weight excluding hydrogens is 394 g/mol.